The number of benzene rings is 1. The molecule has 1 fully saturated rings. The monoisotopic (exact) mass is 344 g/mol. The molecule has 0 atom stereocenters. The number of ether oxygens (including phenoxy) is 1. The normalized spacial score (nSPS) is 17.4. The number of nitrogens with one attached hydrogen (secondary N) is 1. The number of hydrogen-bond donors (Lipinski definition) is 1. The van der Waals surface area contributed by atoms with Gasteiger partial charge in [-0.05, 0) is 31.5 Å². The van der Waals surface area contributed by atoms with Gasteiger partial charge in [0.1, 0.15) is 5.82 Å². The quantitative estimate of drug-likeness (QED) is 0.888. The maximum atomic E-state index is 13.0. The molecule has 5 heteroatoms. The molecular weight excluding hydrogens is 323 g/mol. The Labute approximate surface area is 128 Å². The first-order valence-electron chi connectivity index (χ1n) is 6.96. The summed E-state index contributed by atoms with van der Waals surface area (Å²) in [4.78, 5) is 2.45. The minimum Gasteiger partial charge on any atom is -0.379 e. The third-order valence-corrected chi connectivity index (χ3v) is 4.49. The molecule has 0 amide bonds. The van der Waals surface area contributed by atoms with Crippen LogP contribution in [0.3, 0.4) is 0 Å². The Morgan fingerprint density at radius 1 is 1.35 bits per heavy atom. The van der Waals surface area contributed by atoms with E-state index in [4.69, 9.17) is 4.74 Å². The van der Waals surface area contributed by atoms with E-state index in [-0.39, 0.29) is 11.4 Å². The lowest BCUT2D eigenvalue weighted by atomic mass is 10.0. The molecule has 0 spiro atoms. The smallest absolute Gasteiger partial charge is 0.124 e. The molecule has 1 aromatic rings. The predicted octanol–water partition coefficient (Wildman–Crippen LogP) is 2.79. The second kappa shape index (κ2) is 6.98. The Balaban J connectivity index is 1.85. The zero-order chi connectivity index (χ0) is 14.6. The Bertz CT molecular complexity index is 447. The molecule has 1 N–H and O–H groups in total. The number of halogens is 2. The molecule has 0 aliphatic carbocycles. The van der Waals surface area contributed by atoms with Crippen molar-refractivity contribution < 1.29 is 9.13 Å². The lowest BCUT2D eigenvalue weighted by Gasteiger charge is -2.41. The van der Waals surface area contributed by atoms with Crippen molar-refractivity contribution in [3.63, 3.8) is 0 Å². The highest BCUT2D eigenvalue weighted by Crippen LogP contribution is 2.19. The van der Waals surface area contributed by atoms with E-state index >= 15 is 0 Å². The van der Waals surface area contributed by atoms with Crippen molar-refractivity contribution in [1.29, 1.82) is 0 Å². The molecular formula is C15H22BrFN2O. The molecule has 0 aromatic heterocycles. The summed E-state index contributed by atoms with van der Waals surface area (Å²) in [5.41, 5.74) is 1.17. The highest BCUT2D eigenvalue weighted by molar-refractivity contribution is 9.10. The van der Waals surface area contributed by atoms with Crippen molar-refractivity contribution in [2.75, 3.05) is 32.8 Å². The van der Waals surface area contributed by atoms with Crippen molar-refractivity contribution in [3.05, 3.63) is 34.1 Å². The van der Waals surface area contributed by atoms with Gasteiger partial charge in [-0.3, -0.25) is 4.90 Å². The summed E-state index contributed by atoms with van der Waals surface area (Å²) in [6.45, 7) is 9.69. The van der Waals surface area contributed by atoms with E-state index in [0.717, 1.165) is 49.4 Å². The first kappa shape index (κ1) is 15.9. The highest BCUT2D eigenvalue weighted by atomic mass is 79.9. The topological polar surface area (TPSA) is 24.5 Å². The molecule has 1 aromatic carbocycles. The van der Waals surface area contributed by atoms with E-state index in [0.29, 0.717) is 0 Å². The Morgan fingerprint density at radius 2 is 2.05 bits per heavy atom. The van der Waals surface area contributed by atoms with Crippen molar-refractivity contribution in [2.45, 2.75) is 25.9 Å². The molecule has 2 rings (SSSR count). The molecule has 1 saturated heterocycles. The molecule has 0 radical (unpaired) electrons. The van der Waals surface area contributed by atoms with E-state index in [1.165, 1.54) is 12.1 Å². The van der Waals surface area contributed by atoms with Crippen LogP contribution in [0.25, 0.3) is 0 Å². The van der Waals surface area contributed by atoms with Crippen LogP contribution in [0.4, 0.5) is 4.39 Å². The largest absolute Gasteiger partial charge is 0.379 e. The SMILES string of the molecule is CC(C)(CNCc1ccc(F)cc1Br)N1CCOCC1. The van der Waals surface area contributed by atoms with E-state index in [2.05, 4.69) is 40.0 Å². The fourth-order valence-electron chi connectivity index (χ4n) is 2.45. The minimum absolute atomic E-state index is 0.0935. The van der Waals surface area contributed by atoms with Crippen LogP contribution in [0.1, 0.15) is 19.4 Å². The highest BCUT2D eigenvalue weighted by Gasteiger charge is 2.27. The summed E-state index contributed by atoms with van der Waals surface area (Å²) in [7, 11) is 0. The number of morpholine rings is 1. The van der Waals surface area contributed by atoms with Gasteiger partial charge in [0.15, 0.2) is 0 Å². The summed E-state index contributed by atoms with van der Waals surface area (Å²) in [5, 5.41) is 3.46. The van der Waals surface area contributed by atoms with Crippen LogP contribution >= 0.6 is 15.9 Å². The van der Waals surface area contributed by atoms with Gasteiger partial charge in [0.25, 0.3) is 0 Å². The van der Waals surface area contributed by atoms with Crippen LogP contribution < -0.4 is 5.32 Å². The van der Waals surface area contributed by atoms with Crippen molar-refractivity contribution in [1.82, 2.24) is 10.2 Å². The van der Waals surface area contributed by atoms with Gasteiger partial charge in [0, 0.05) is 36.2 Å². The standard InChI is InChI=1S/C15H22BrFN2O/c1-15(2,19-5-7-20-8-6-19)11-18-10-12-3-4-13(17)9-14(12)16/h3-4,9,18H,5-8,10-11H2,1-2H3. The van der Waals surface area contributed by atoms with Gasteiger partial charge in [0.05, 0.1) is 13.2 Å². The minimum atomic E-state index is -0.214. The van der Waals surface area contributed by atoms with Gasteiger partial charge < -0.3 is 10.1 Å². The number of rotatable bonds is 5. The zero-order valence-corrected chi connectivity index (χ0v) is 13.7. The lowest BCUT2D eigenvalue weighted by molar-refractivity contribution is -0.00967. The van der Waals surface area contributed by atoms with Crippen LogP contribution in [0, 0.1) is 5.82 Å². The Hall–Kier alpha value is -0.490. The van der Waals surface area contributed by atoms with Gasteiger partial charge in [-0.1, -0.05) is 22.0 Å². The zero-order valence-electron chi connectivity index (χ0n) is 12.1. The lowest BCUT2D eigenvalue weighted by Crippen LogP contribution is -2.54. The van der Waals surface area contributed by atoms with E-state index in [9.17, 15) is 4.39 Å². The average molecular weight is 345 g/mol. The summed E-state index contributed by atoms with van der Waals surface area (Å²) in [6, 6.07) is 4.81. The predicted molar refractivity (Wildman–Crippen MR) is 82.3 cm³/mol. The fourth-order valence-corrected chi connectivity index (χ4v) is 2.94. The van der Waals surface area contributed by atoms with Gasteiger partial charge in [-0.15, -0.1) is 0 Å². The molecule has 1 heterocycles. The first-order valence-corrected chi connectivity index (χ1v) is 7.76. The molecule has 3 nitrogen and oxygen atoms in total. The second-order valence-corrected chi connectivity index (χ2v) is 6.61. The fraction of sp³-hybridized carbons (Fsp3) is 0.600. The Morgan fingerprint density at radius 3 is 2.70 bits per heavy atom. The van der Waals surface area contributed by atoms with Crippen LogP contribution in [0.5, 0.6) is 0 Å². The van der Waals surface area contributed by atoms with E-state index in [1.54, 1.807) is 0 Å². The third-order valence-electron chi connectivity index (χ3n) is 3.76. The summed E-state index contributed by atoms with van der Waals surface area (Å²) in [5.74, 6) is -0.214. The molecule has 0 saturated carbocycles. The summed E-state index contributed by atoms with van der Waals surface area (Å²) in [6.07, 6.45) is 0. The van der Waals surface area contributed by atoms with E-state index in [1.807, 2.05) is 6.07 Å². The second-order valence-electron chi connectivity index (χ2n) is 5.75. The first-order chi connectivity index (χ1) is 9.49. The molecule has 1 aliphatic rings. The van der Waals surface area contributed by atoms with Crippen LogP contribution in [-0.4, -0.2) is 43.3 Å². The number of nitrogens with zero attached hydrogens (tertiary/aromatic N) is 1. The molecule has 20 heavy (non-hydrogen) atoms. The van der Waals surface area contributed by atoms with Crippen molar-refractivity contribution in [2.24, 2.45) is 0 Å². The molecule has 0 bridgehead atoms. The summed E-state index contributed by atoms with van der Waals surface area (Å²) >= 11 is 3.40. The molecule has 112 valence electrons. The maximum absolute atomic E-state index is 13.0. The summed E-state index contributed by atoms with van der Waals surface area (Å²) < 4.78 is 19.2. The van der Waals surface area contributed by atoms with Gasteiger partial charge in [-0.25, -0.2) is 4.39 Å². The maximum Gasteiger partial charge on any atom is 0.124 e. The van der Waals surface area contributed by atoms with Gasteiger partial charge in [-0.2, -0.15) is 0 Å². The molecule has 1 aliphatic heterocycles. The molecule has 0 unspecified atom stereocenters. The van der Waals surface area contributed by atoms with Gasteiger partial charge >= 0.3 is 0 Å². The van der Waals surface area contributed by atoms with Crippen LogP contribution in [0.15, 0.2) is 22.7 Å². The van der Waals surface area contributed by atoms with Crippen LogP contribution in [-0.2, 0) is 11.3 Å². The van der Waals surface area contributed by atoms with Crippen LogP contribution in [0.2, 0.25) is 0 Å². The van der Waals surface area contributed by atoms with E-state index < -0.39 is 0 Å². The average Bonchev–Trinajstić information content (AvgIpc) is 2.42. The van der Waals surface area contributed by atoms with Crippen molar-refractivity contribution in [3.8, 4) is 0 Å². The number of hydrogen-bond acceptors (Lipinski definition) is 3. The van der Waals surface area contributed by atoms with Crippen molar-refractivity contribution >= 4 is 15.9 Å². The third kappa shape index (κ3) is 4.25. The van der Waals surface area contributed by atoms with Gasteiger partial charge in [0.2, 0.25) is 0 Å². The Kier molecular flexibility index (Phi) is 5.55.